The summed E-state index contributed by atoms with van der Waals surface area (Å²) in [6, 6.07) is 4.17. The van der Waals surface area contributed by atoms with E-state index in [4.69, 9.17) is 10.5 Å². The zero-order valence-corrected chi connectivity index (χ0v) is 9.51. The minimum absolute atomic E-state index is 0.0395. The molecule has 1 unspecified atom stereocenters. The van der Waals surface area contributed by atoms with E-state index in [1.807, 2.05) is 25.9 Å². The first-order valence-electron chi connectivity index (χ1n) is 4.79. The Bertz CT molecular complexity index is 393. The minimum Gasteiger partial charge on any atom is -0.473 e. The molecule has 88 valence electrons. The first kappa shape index (κ1) is 12.3. The molecular formula is C10H15N3O3. The standard InChI is InChI=1S/C10H15N3O3/c1-7(12(2)3)16-10-5-4-8(13(14)15)6-9(10)11/h4-7H,11H2,1-3H3. The molecule has 16 heavy (non-hydrogen) atoms. The van der Waals surface area contributed by atoms with Crippen LogP contribution in [0.15, 0.2) is 18.2 Å². The predicted molar refractivity (Wildman–Crippen MR) is 61.3 cm³/mol. The Morgan fingerprint density at radius 2 is 2.12 bits per heavy atom. The van der Waals surface area contributed by atoms with Gasteiger partial charge in [-0.2, -0.15) is 0 Å². The third kappa shape index (κ3) is 2.83. The lowest BCUT2D eigenvalue weighted by Gasteiger charge is -2.21. The van der Waals surface area contributed by atoms with E-state index < -0.39 is 4.92 Å². The van der Waals surface area contributed by atoms with Crippen molar-refractivity contribution in [3.63, 3.8) is 0 Å². The number of nitro groups is 1. The number of nitrogens with zero attached hydrogens (tertiary/aromatic N) is 2. The molecular weight excluding hydrogens is 210 g/mol. The van der Waals surface area contributed by atoms with Crippen LogP contribution < -0.4 is 10.5 Å². The lowest BCUT2D eigenvalue weighted by molar-refractivity contribution is -0.384. The fourth-order valence-electron chi connectivity index (χ4n) is 1.05. The number of rotatable bonds is 4. The summed E-state index contributed by atoms with van der Waals surface area (Å²) in [6.07, 6.45) is -0.149. The summed E-state index contributed by atoms with van der Waals surface area (Å²) in [5, 5.41) is 10.5. The molecule has 0 aliphatic heterocycles. The van der Waals surface area contributed by atoms with Crippen LogP contribution in [0.2, 0.25) is 0 Å². The fraction of sp³-hybridized carbons (Fsp3) is 0.400. The molecule has 1 atom stereocenters. The largest absolute Gasteiger partial charge is 0.473 e. The molecule has 0 bridgehead atoms. The quantitative estimate of drug-likeness (QED) is 0.363. The van der Waals surface area contributed by atoms with Gasteiger partial charge in [0.15, 0.2) is 0 Å². The third-order valence-corrected chi connectivity index (χ3v) is 2.23. The number of nitro benzene ring substituents is 1. The highest BCUT2D eigenvalue weighted by Gasteiger charge is 2.12. The second kappa shape index (κ2) is 4.80. The average molecular weight is 225 g/mol. The van der Waals surface area contributed by atoms with E-state index in [1.165, 1.54) is 18.2 Å². The smallest absolute Gasteiger partial charge is 0.271 e. The summed E-state index contributed by atoms with van der Waals surface area (Å²) < 4.78 is 5.52. The molecule has 0 aromatic heterocycles. The van der Waals surface area contributed by atoms with Gasteiger partial charge in [-0.1, -0.05) is 0 Å². The monoisotopic (exact) mass is 225 g/mol. The van der Waals surface area contributed by atoms with E-state index in [0.717, 1.165) is 0 Å². The maximum absolute atomic E-state index is 10.5. The molecule has 6 heteroatoms. The van der Waals surface area contributed by atoms with Crippen LogP contribution in [-0.2, 0) is 0 Å². The van der Waals surface area contributed by atoms with Gasteiger partial charge < -0.3 is 10.5 Å². The van der Waals surface area contributed by atoms with E-state index in [-0.39, 0.29) is 17.6 Å². The molecule has 0 spiro atoms. The number of nitrogens with two attached hydrogens (primary N) is 1. The second-order valence-electron chi connectivity index (χ2n) is 3.66. The second-order valence-corrected chi connectivity index (χ2v) is 3.66. The summed E-state index contributed by atoms with van der Waals surface area (Å²) in [7, 11) is 3.73. The summed E-state index contributed by atoms with van der Waals surface area (Å²) >= 11 is 0. The highest BCUT2D eigenvalue weighted by atomic mass is 16.6. The van der Waals surface area contributed by atoms with Crippen molar-refractivity contribution < 1.29 is 9.66 Å². The molecule has 0 amide bonds. The van der Waals surface area contributed by atoms with Crippen molar-refractivity contribution in [2.24, 2.45) is 0 Å². The maximum Gasteiger partial charge on any atom is 0.271 e. The lowest BCUT2D eigenvalue weighted by atomic mass is 10.2. The first-order valence-corrected chi connectivity index (χ1v) is 4.79. The van der Waals surface area contributed by atoms with E-state index in [9.17, 15) is 10.1 Å². The van der Waals surface area contributed by atoms with Crippen LogP contribution in [0.5, 0.6) is 5.75 Å². The number of hydrogen-bond donors (Lipinski definition) is 1. The summed E-state index contributed by atoms with van der Waals surface area (Å²) in [5.74, 6) is 0.451. The molecule has 1 aromatic carbocycles. The Balaban J connectivity index is 2.87. The highest BCUT2D eigenvalue weighted by Crippen LogP contribution is 2.27. The van der Waals surface area contributed by atoms with Gasteiger partial charge in [0, 0.05) is 12.1 Å². The third-order valence-electron chi connectivity index (χ3n) is 2.23. The van der Waals surface area contributed by atoms with E-state index in [0.29, 0.717) is 5.75 Å². The van der Waals surface area contributed by atoms with Crippen molar-refractivity contribution >= 4 is 11.4 Å². The molecule has 0 fully saturated rings. The van der Waals surface area contributed by atoms with E-state index >= 15 is 0 Å². The number of ether oxygens (including phenoxy) is 1. The Morgan fingerprint density at radius 3 is 2.56 bits per heavy atom. The van der Waals surface area contributed by atoms with Gasteiger partial charge in [0.25, 0.3) is 5.69 Å². The summed E-state index contributed by atoms with van der Waals surface area (Å²) in [4.78, 5) is 11.9. The Kier molecular flexibility index (Phi) is 3.68. The Labute approximate surface area is 93.8 Å². The lowest BCUT2D eigenvalue weighted by Crippen LogP contribution is -2.30. The molecule has 2 N–H and O–H groups in total. The van der Waals surface area contributed by atoms with Gasteiger partial charge in [0.2, 0.25) is 0 Å². The normalized spacial score (nSPS) is 12.5. The van der Waals surface area contributed by atoms with Gasteiger partial charge in [0.05, 0.1) is 10.6 Å². The number of hydrogen-bond acceptors (Lipinski definition) is 5. The number of non-ortho nitro benzene ring substituents is 1. The number of anilines is 1. The molecule has 6 nitrogen and oxygen atoms in total. The van der Waals surface area contributed by atoms with E-state index in [2.05, 4.69) is 0 Å². The van der Waals surface area contributed by atoms with Gasteiger partial charge in [-0.25, -0.2) is 0 Å². The molecule has 1 rings (SSSR count). The van der Waals surface area contributed by atoms with Gasteiger partial charge in [-0.05, 0) is 27.1 Å². The zero-order chi connectivity index (χ0) is 12.3. The van der Waals surface area contributed by atoms with Crippen LogP contribution in [0.25, 0.3) is 0 Å². The Morgan fingerprint density at radius 1 is 1.50 bits per heavy atom. The van der Waals surface area contributed by atoms with Crippen molar-refractivity contribution in [3.8, 4) is 5.75 Å². The van der Waals surface area contributed by atoms with Gasteiger partial charge >= 0.3 is 0 Å². The summed E-state index contributed by atoms with van der Waals surface area (Å²) in [5.41, 5.74) is 5.89. The number of benzene rings is 1. The predicted octanol–water partition coefficient (Wildman–Crippen LogP) is 1.46. The van der Waals surface area contributed by atoms with Crippen LogP contribution in [0.3, 0.4) is 0 Å². The SMILES string of the molecule is CC(Oc1ccc([N+](=O)[O-])cc1N)N(C)C. The average Bonchev–Trinajstić information content (AvgIpc) is 2.20. The molecule has 0 saturated carbocycles. The van der Waals surface area contributed by atoms with Gasteiger partial charge in [0.1, 0.15) is 12.0 Å². The zero-order valence-electron chi connectivity index (χ0n) is 9.51. The number of nitrogen functional groups attached to an aromatic ring is 1. The van der Waals surface area contributed by atoms with Crippen LogP contribution in [-0.4, -0.2) is 30.1 Å². The van der Waals surface area contributed by atoms with Crippen molar-refractivity contribution in [3.05, 3.63) is 28.3 Å². The molecule has 0 aliphatic carbocycles. The van der Waals surface area contributed by atoms with Crippen molar-refractivity contribution in [1.29, 1.82) is 0 Å². The van der Waals surface area contributed by atoms with Crippen molar-refractivity contribution in [1.82, 2.24) is 4.90 Å². The summed E-state index contributed by atoms with van der Waals surface area (Å²) in [6.45, 7) is 1.86. The molecule has 0 heterocycles. The van der Waals surface area contributed by atoms with Crippen molar-refractivity contribution in [2.45, 2.75) is 13.2 Å². The molecule has 0 aliphatic rings. The van der Waals surface area contributed by atoms with Crippen LogP contribution in [0.4, 0.5) is 11.4 Å². The molecule has 0 radical (unpaired) electrons. The highest BCUT2D eigenvalue weighted by molar-refractivity contribution is 5.58. The fourth-order valence-corrected chi connectivity index (χ4v) is 1.05. The van der Waals surface area contributed by atoms with E-state index in [1.54, 1.807) is 0 Å². The van der Waals surface area contributed by atoms with Crippen LogP contribution in [0, 0.1) is 10.1 Å². The molecule has 1 aromatic rings. The van der Waals surface area contributed by atoms with Crippen LogP contribution in [0.1, 0.15) is 6.92 Å². The Hall–Kier alpha value is -1.82. The first-order chi connectivity index (χ1) is 7.41. The molecule has 0 saturated heterocycles. The van der Waals surface area contributed by atoms with Gasteiger partial charge in [-0.15, -0.1) is 0 Å². The van der Waals surface area contributed by atoms with Crippen LogP contribution >= 0.6 is 0 Å². The topological polar surface area (TPSA) is 81.6 Å². The van der Waals surface area contributed by atoms with Gasteiger partial charge in [-0.3, -0.25) is 15.0 Å². The van der Waals surface area contributed by atoms with Crippen molar-refractivity contribution in [2.75, 3.05) is 19.8 Å². The maximum atomic E-state index is 10.5. The minimum atomic E-state index is -0.491.